The maximum atomic E-state index is 13.3. The zero-order valence-electron chi connectivity index (χ0n) is 16.2. The van der Waals surface area contributed by atoms with Gasteiger partial charge in [-0.3, -0.25) is 19.5 Å². The normalized spacial score (nSPS) is 18.1. The summed E-state index contributed by atoms with van der Waals surface area (Å²) in [6.07, 6.45) is 3.97. The topological polar surface area (TPSA) is 70.5 Å². The van der Waals surface area contributed by atoms with E-state index in [1.807, 2.05) is 19.1 Å². The van der Waals surface area contributed by atoms with Crippen molar-refractivity contribution in [3.8, 4) is 0 Å². The highest BCUT2D eigenvalue weighted by Gasteiger charge is 2.46. The summed E-state index contributed by atoms with van der Waals surface area (Å²) in [5.74, 6) is -2.33. The van der Waals surface area contributed by atoms with Gasteiger partial charge in [-0.15, -0.1) is 0 Å². The molecule has 30 heavy (non-hydrogen) atoms. The first-order valence-electron chi connectivity index (χ1n) is 9.57. The Hall–Kier alpha value is -3.80. The second kappa shape index (κ2) is 7.91. The van der Waals surface area contributed by atoms with Gasteiger partial charge >= 0.3 is 0 Å². The number of anilines is 1. The molecule has 0 saturated carbocycles. The fourth-order valence-electron chi connectivity index (χ4n) is 3.62. The van der Waals surface area contributed by atoms with E-state index in [4.69, 9.17) is 0 Å². The van der Waals surface area contributed by atoms with Gasteiger partial charge in [0.25, 0.3) is 11.7 Å². The molecule has 3 aromatic rings. The average molecular weight is 402 g/mol. The Kier molecular flexibility index (Phi) is 5.14. The van der Waals surface area contributed by atoms with Gasteiger partial charge in [-0.1, -0.05) is 19.1 Å². The first-order chi connectivity index (χ1) is 14.5. The zero-order valence-corrected chi connectivity index (χ0v) is 16.2. The molecule has 150 valence electrons. The highest BCUT2D eigenvalue weighted by molar-refractivity contribution is 6.51. The van der Waals surface area contributed by atoms with Crippen molar-refractivity contribution < 1.29 is 19.1 Å². The molecular formula is C24H19FN2O3. The number of hydrogen-bond acceptors (Lipinski definition) is 4. The Bertz CT molecular complexity index is 1120. The number of Topliss-reactive ketones (excluding diaryl/α,β-unsaturated/α-hetero) is 1. The van der Waals surface area contributed by atoms with E-state index in [1.54, 1.807) is 36.7 Å². The number of amides is 1. The first-order valence-corrected chi connectivity index (χ1v) is 9.57. The lowest BCUT2D eigenvalue weighted by Crippen LogP contribution is -2.29. The lowest BCUT2D eigenvalue weighted by molar-refractivity contribution is -0.132. The number of ketones is 1. The van der Waals surface area contributed by atoms with Gasteiger partial charge in [-0.25, -0.2) is 4.39 Å². The molecule has 6 heteroatoms. The molecule has 5 nitrogen and oxygen atoms in total. The molecule has 1 saturated heterocycles. The molecular weight excluding hydrogens is 383 g/mol. The van der Waals surface area contributed by atoms with Crippen molar-refractivity contribution >= 4 is 23.1 Å². The van der Waals surface area contributed by atoms with Crippen molar-refractivity contribution in [3.63, 3.8) is 0 Å². The number of carbonyl (C=O) groups excluding carboxylic acids is 2. The number of pyridine rings is 1. The summed E-state index contributed by atoms with van der Waals surface area (Å²) < 4.78 is 13.3. The molecule has 1 unspecified atom stereocenters. The number of nitrogens with zero attached hydrogens (tertiary/aromatic N) is 2. The van der Waals surface area contributed by atoms with Crippen molar-refractivity contribution in [1.82, 2.24) is 4.98 Å². The van der Waals surface area contributed by atoms with Crippen LogP contribution in [0.1, 0.15) is 29.7 Å². The van der Waals surface area contributed by atoms with Gasteiger partial charge in [0.2, 0.25) is 0 Å². The van der Waals surface area contributed by atoms with Crippen molar-refractivity contribution in [2.45, 2.75) is 19.4 Å². The zero-order chi connectivity index (χ0) is 21.3. The number of aliphatic hydroxyl groups excluding tert-OH is 1. The van der Waals surface area contributed by atoms with Crippen LogP contribution in [-0.4, -0.2) is 21.8 Å². The van der Waals surface area contributed by atoms with Gasteiger partial charge in [0.1, 0.15) is 11.6 Å². The Balaban J connectivity index is 1.90. The third kappa shape index (κ3) is 3.37. The van der Waals surface area contributed by atoms with Crippen molar-refractivity contribution in [3.05, 3.63) is 101 Å². The minimum atomic E-state index is -0.828. The van der Waals surface area contributed by atoms with Gasteiger partial charge in [0.15, 0.2) is 0 Å². The Morgan fingerprint density at radius 1 is 1.00 bits per heavy atom. The van der Waals surface area contributed by atoms with E-state index in [9.17, 15) is 19.1 Å². The summed E-state index contributed by atoms with van der Waals surface area (Å²) in [6.45, 7) is 2.03. The number of aryl methyl sites for hydroxylation is 1. The summed E-state index contributed by atoms with van der Waals surface area (Å²) in [5.41, 5.74) is 2.50. The molecule has 1 N–H and O–H groups in total. The second-order valence-corrected chi connectivity index (χ2v) is 6.98. The quantitative estimate of drug-likeness (QED) is 0.399. The van der Waals surface area contributed by atoms with E-state index in [0.29, 0.717) is 11.3 Å². The average Bonchev–Trinajstić information content (AvgIpc) is 3.05. The fraction of sp³-hybridized carbons (Fsp3) is 0.125. The number of hydrogen-bond donors (Lipinski definition) is 1. The summed E-state index contributed by atoms with van der Waals surface area (Å²) in [5, 5.41) is 10.9. The van der Waals surface area contributed by atoms with Crippen LogP contribution >= 0.6 is 0 Å². The van der Waals surface area contributed by atoms with Crippen molar-refractivity contribution in [2.24, 2.45) is 0 Å². The predicted octanol–water partition coefficient (Wildman–Crippen LogP) is 4.41. The number of aliphatic hydroxyl groups is 1. The number of rotatable bonds is 4. The molecule has 0 radical (unpaired) electrons. The van der Waals surface area contributed by atoms with Gasteiger partial charge in [-0.2, -0.15) is 0 Å². The van der Waals surface area contributed by atoms with Gasteiger partial charge in [0.05, 0.1) is 11.6 Å². The predicted molar refractivity (Wildman–Crippen MR) is 111 cm³/mol. The molecule has 0 bridgehead atoms. The monoisotopic (exact) mass is 402 g/mol. The smallest absolute Gasteiger partial charge is 0.300 e. The first kappa shape index (κ1) is 19.5. The van der Waals surface area contributed by atoms with Crippen LogP contribution < -0.4 is 4.90 Å². The van der Waals surface area contributed by atoms with E-state index in [1.165, 1.54) is 29.2 Å². The maximum Gasteiger partial charge on any atom is 0.300 e. The van der Waals surface area contributed by atoms with E-state index in [2.05, 4.69) is 4.98 Å². The lowest BCUT2D eigenvalue weighted by Gasteiger charge is -2.25. The molecule has 0 aliphatic carbocycles. The number of benzene rings is 2. The molecule has 4 rings (SSSR count). The van der Waals surface area contributed by atoms with Gasteiger partial charge in [0, 0.05) is 23.6 Å². The molecule has 1 fully saturated rings. The maximum absolute atomic E-state index is 13.3. The van der Waals surface area contributed by atoms with Crippen LogP contribution in [0, 0.1) is 5.82 Å². The Morgan fingerprint density at radius 2 is 1.63 bits per heavy atom. The number of halogens is 1. The van der Waals surface area contributed by atoms with Crippen LogP contribution in [0.2, 0.25) is 0 Å². The standard InChI is InChI=1S/C24H19FN2O3/c1-2-15-3-9-19(10-4-15)27-21(16-11-13-26-14-12-16)20(23(29)24(27)30)22(28)17-5-7-18(25)8-6-17/h3-14,21,28H,2H2,1H3/b22-20-. The summed E-state index contributed by atoms with van der Waals surface area (Å²) in [4.78, 5) is 31.4. The minimum absolute atomic E-state index is 0.0441. The number of aromatic nitrogens is 1. The highest BCUT2D eigenvalue weighted by Crippen LogP contribution is 2.42. The lowest BCUT2D eigenvalue weighted by atomic mass is 9.95. The van der Waals surface area contributed by atoms with Crippen molar-refractivity contribution in [2.75, 3.05) is 4.90 Å². The summed E-state index contributed by atoms with van der Waals surface area (Å²) in [7, 11) is 0. The van der Waals surface area contributed by atoms with Crippen LogP contribution in [0.15, 0.2) is 78.6 Å². The Labute approximate surface area is 173 Å². The molecule has 1 amide bonds. The molecule has 1 aliphatic heterocycles. The van der Waals surface area contributed by atoms with Crippen molar-refractivity contribution in [1.29, 1.82) is 0 Å². The van der Waals surface area contributed by atoms with Gasteiger partial charge in [-0.05, 0) is 66.1 Å². The van der Waals surface area contributed by atoms with Crippen LogP contribution in [0.5, 0.6) is 0 Å². The van der Waals surface area contributed by atoms with E-state index in [0.717, 1.165) is 12.0 Å². The molecule has 1 aliphatic rings. The molecule has 1 aromatic heterocycles. The SMILES string of the molecule is CCc1ccc(N2C(=O)C(=O)/C(=C(\O)c3ccc(F)cc3)C2c2ccncc2)cc1. The van der Waals surface area contributed by atoms with E-state index >= 15 is 0 Å². The third-order valence-electron chi connectivity index (χ3n) is 5.21. The van der Waals surface area contributed by atoms with E-state index in [-0.39, 0.29) is 16.9 Å². The van der Waals surface area contributed by atoms with Crippen LogP contribution in [-0.2, 0) is 16.0 Å². The van der Waals surface area contributed by atoms with Crippen LogP contribution in [0.25, 0.3) is 5.76 Å². The summed E-state index contributed by atoms with van der Waals surface area (Å²) >= 11 is 0. The highest BCUT2D eigenvalue weighted by atomic mass is 19.1. The van der Waals surface area contributed by atoms with E-state index < -0.39 is 23.5 Å². The Morgan fingerprint density at radius 3 is 2.23 bits per heavy atom. The molecule has 2 aromatic carbocycles. The van der Waals surface area contributed by atoms with Gasteiger partial charge < -0.3 is 5.11 Å². The summed E-state index contributed by atoms with van der Waals surface area (Å²) in [6, 6.07) is 15.1. The second-order valence-electron chi connectivity index (χ2n) is 6.98. The third-order valence-corrected chi connectivity index (χ3v) is 5.21. The molecule has 2 heterocycles. The molecule has 0 spiro atoms. The largest absolute Gasteiger partial charge is 0.507 e. The molecule has 1 atom stereocenters. The van der Waals surface area contributed by atoms with Crippen LogP contribution in [0.3, 0.4) is 0 Å². The van der Waals surface area contributed by atoms with Crippen LogP contribution in [0.4, 0.5) is 10.1 Å². The number of carbonyl (C=O) groups is 2. The fourth-order valence-corrected chi connectivity index (χ4v) is 3.62. The minimum Gasteiger partial charge on any atom is -0.507 e.